The zero-order chi connectivity index (χ0) is 20.8. The molecule has 3 aromatic heterocycles. The Morgan fingerprint density at radius 2 is 1.93 bits per heavy atom. The normalized spacial score (nSPS) is 15.9. The van der Waals surface area contributed by atoms with Gasteiger partial charge in [0.15, 0.2) is 9.84 Å². The molecule has 4 rings (SSSR count). The zero-order valence-electron chi connectivity index (χ0n) is 16.4. The van der Waals surface area contributed by atoms with Gasteiger partial charge in [0, 0.05) is 38.6 Å². The van der Waals surface area contributed by atoms with Gasteiger partial charge in [0.05, 0.1) is 18.6 Å². The Labute approximate surface area is 167 Å². The molecule has 0 atom stereocenters. The number of hydrogen-bond donors (Lipinski definition) is 1. The van der Waals surface area contributed by atoms with Crippen LogP contribution in [0.3, 0.4) is 0 Å². The first-order valence-electron chi connectivity index (χ1n) is 9.37. The topological polar surface area (TPSA) is 110 Å². The van der Waals surface area contributed by atoms with Crippen LogP contribution < -0.4 is 11.0 Å². The van der Waals surface area contributed by atoms with Crippen LogP contribution in [-0.4, -0.2) is 66.4 Å². The fourth-order valence-electron chi connectivity index (χ4n) is 3.64. The van der Waals surface area contributed by atoms with Gasteiger partial charge in [-0.1, -0.05) is 6.07 Å². The van der Waals surface area contributed by atoms with E-state index in [2.05, 4.69) is 9.88 Å². The van der Waals surface area contributed by atoms with Crippen LogP contribution in [0.25, 0.3) is 16.7 Å². The van der Waals surface area contributed by atoms with Crippen molar-refractivity contribution in [3.63, 3.8) is 0 Å². The van der Waals surface area contributed by atoms with Crippen molar-refractivity contribution >= 4 is 26.5 Å². The number of pyridine rings is 2. The van der Waals surface area contributed by atoms with Crippen molar-refractivity contribution in [1.82, 2.24) is 18.9 Å². The maximum atomic E-state index is 13.1. The summed E-state index contributed by atoms with van der Waals surface area (Å²) in [5.74, 6) is 0. The van der Waals surface area contributed by atoms with Crippen LogP contribution in [0, 0.1) is 12.3 Å². The molecule has 0 aliphatic carbocycles. The molecule has 1 aliphatic heterocycles. The molecule has 0 saturated carbocycles. The molecule has 4 heterocycles. The summed E-state index contributed by atoms with van der Waals surface area (Å²) in [5, 5.41) is 8.71. The summed E-state index contributed by atoms with van der Waals surface area (Å²) < 4.78 is 32.9. The Kier molecular flexibility index (Phi) is 5.01. The second-order valence-corrected chi connectivity index (χ2v) is 9.26. The predicted molar refractivity (Wildman–Crippen MR) is 108 cm³/mol. The minimum atomic E-state index is -3.69. The van der Waals surface area contributed by atoms with Crippen LogP contribution >= 0.6 is 0 Å². The molecule has 0 radical (unpaired) electrons. The summed E-state index contributed by atoms with van der Waals surface area (Å²) >= 11 is 0. The number of aryl methyl sites for hydroxylation is 1. The molecule has 1 fully saturated rings. The summed E-state index contributed by atoms with van der Waals surface area (Å²) in [5.41, 5.74) is 1.15. The lowest BCUT2D eigenvalue weighted by Crippen LogP contribution is -2.40. The standard InChI is InChI=1S/C19H23N5O4S/c1-13-4-3-5-24-17(13)21-18-14(19(24)25)12-15(29(2,26)27)16(20)23(18)7-6-22-8-10-28-11-9-22/h3-5,12,20H,6-11H2,1-2H3. The van der Waals surface area contributed by atoms with Crippen LogP contribution in [0.1, 0.15) is 5.56 Å². The molecule has 0 spiro atoms. The third kappa shape index (κ3) is 3.59. The molecule has 0 aromatic carbocycles. The molecule has 0 bridgehead atoms. The third-order valence-electron chi connectivity index (χ3n) is 5.24. The number of hydrogen-bond acceptors (Lipinski definition) is 7. The average Bonchev–Trinajstić information content (AvgIpc) is 2.68. The number of fused-ring (bicyclic) bond motifs is 2. The Balaban J connectivity index is 1.98. The summed E-state index contributed by atoms with van der Waals surface area (Å²) in [6, 6.07) is 4.89. The number of morpholine rings is 1. The van der Waals surface area contributed by atoms with Crippen molar-refractivity contribution in [2.45, 2.75) is 18.4 Å². The summed E-state index contributed by atoms with van der Waals surface area (Å²) in [6.45, 7) is 5.66. The highest BCUT2D eigenvalue weighted by Gasteiger charge is 2.20. The number of aromatic nitrogens is 3. The van der Waals surface area contributed by atoms with E-state index in [9.17, 15) is 13.2 Å². The van der Waals surface area contributed by atoms with Gasteiger partial charge in [0.1, 0.15) is 21.7 Å². The number of nitrogens with zero attached hydrogens (tertiary/aromatic N) is 4. The second kappa shape index (κ2) is 7.36. The molecule has 0 unspecified atom stereocenters. The van der Waals surface area contributed by atoms with Gasteiger partial charge in [-0.25, -0.2) is 13.4 Å². The number of rotatable bonds is 4. The smallest absolute Gasteiger partial charge is 0.267 e. The van der Waals surface area contributed by atoms with Gasteiger partial charge in [0.25, 0.3) is 5.56 Å². The van der Waals surface area contributed by atoms with E-state index in [4.69, 9.17) is 10.1 Å². The highest BCUT2D eigenvalue weighted by molar-refractivity contribution is 7.90. The van der Waals surface area contributed by atoms with E-state index in [0.717, 1.165) is 24.9 Å². The number of sulfone groups is 1. The van der Waals surface area contributed by atoms with Crippen molar-refractivity contribution < 1.29 is 13.2 Å². The lowest BCUT2D eigenvalue weighted by Gasteiger charge is -2.27. The van der Waals surface area contributed by atoms with Gasteiger partial charge in [-0.05, 0) is 24.6 Å². The SMILES string of the molecule is Cc1cccn2c(=O)c3cc(S(C)(=O)=O)c(=N)n(CCN4CCOCC4)c3nc12. The molecular weight excluding hydrogens is 394 g/mol. The maximum Gasteiger partial charge on any atom is 0.267 e. The molecule has 0 amide bonds. The molecule has 1 aliphatic rings. The van der Waals surface area contributed by atoms with Gasteiger partial charge in [0.2, 0.25) is 0 Å². The molecule has 1 N–H and O–H groups in total. The van der Waals surface area contributed by atoms with E-state index in [1.165, 1.54) is 15.0 Å². The molecule has 3 aromatic rings. The van der Waals surface area contributed by atoms with Crippen LogP contribution in [0.2, 0.25) is 0 Å². The minimum absolute atomic E-state index is 0.155. The quantitative estimate of drug-likeness (QED) is 0.606. The summed E-state index contributed by atoms with van der Waals surface area (Å²) in [7, 11) is -3.69. The van der Waals surface area contributed by atoms with E-state index >= 15 is 0 Å². The Hall–Kier alpha value is -2.56. The number of ether oxygens (including phenoxy) is 1. The molecular formula is C19H23N5O4S. The minimum Gasteiger partial charge on any atom is -0.379 e. The van der Waals surface area contributed by atoms with Crippen LogP contribution in [0.15, 0.2) is 34.1 Å². The first-order valence-corrected chi connectivity index (χ1v) is 11.3. The first-order chi connectivity index (χ1) is 13.8. The van der Waals surface area contributed by atoms with Crippen LogP contribution in [-0.2, 0) is 21.1 Å². The lowest BCUT2D eigenvalue weighted by molar-refractivity contribution is 0.0363. The summed E-state index contributed by atoms with van der Waals surface area (Å²) in [4.78, 5) is 19.8. The molecule has 10 heteroatoms. The van der Waals surface area contributed by atoms with Crippen molar-refractivity contribution in [3.8, 4) is 0 Å². The maximum absolute atomic E-state index is 13.1. The molecule has 1 saturated heterocycles. The van der Waals surface area contributed by atoms with E-state index < -0.39 is 9.84 Å². The fourth-order valence-corrected chi connectivity index (χ4v) is 4.43. The second-order valence-electron chi connectivity index (χ2n) is 7.27. The van der Waals surface area contributed by atoms with E-state index in [0.29, 0.717) is 37.6 Å². The van der Waals surface area contributed by atoms with Crippen LogP contribution in [0.5, 0.6) is 0 Å². The largest absolute Gasteiger partial charge is 0.379 e. The predicted octanol–water partition coefficient (Wildman–Crippen LogP) is 0.173. The molecule has 154 valence electrons. The van der Waals surface area contributed by atoms with Crippen molar-refractivity contribution in [2.75, 3.05) is 39.1 Å². The van der Waals surface area contributed by atoms with E-state index in [1.54, 1.807) is 12.3 Å². The average molecular weight is 417 g/mol. The van der Waals surface area contributed by atoms with Gasteiger partial charge in [-0.2, -0.15) is 0 Å². The van der Waals surface area contributed by atoms with Crippen LogP contribution in [0.4, 0.5) is 0 Å². The zero-order valence-corrected chi connectivity index (χ0v) is 17.2. The highest BCUT2D eigenvalue weighted by atomic mass is 32.2. The molecule has 9 nitrogen and oxygen atoms in total. The van der Waals surface area contributed by atoms with Crippen molar-refractivity contribution in [2.24, 2.45) is 0 Å². The fraction of sp³-hybridized carbons (Fsp3) is 0.421. The highest BCUT2D eigenvalue weighted by Crippen LogP contribution is 2.15. The summed E-state index contributed by atoms with van der Waals surface area (Å²) in [6.07, 6.45) is 2.67. The first kappa shape index (κ1) is 19.7. The van der Waals surface area contributed by atoms with Gasteiger partial charge in [-0.15, -0.1) is 0 Å². The Morgan fingerprint density at radius 3 is 2.62 bits per heavy atom. The van der Waals surface area contributed by atoms with Crippen molar-refractivity contribution in [3.05, 3.63) is 45.8 Å². The van der Waals surface area contributed by atoms with Gasteiger partial charge < -0.3 is 9.30 Å². The van der Waals surface area contributed by atoms with E-state index in [-0.39, 0.29) is 21.3 Å². The van der Waals surface area contributed by atoms with Crippen molar-refractivity contribution in [1.29, 1.82) is 5.41 Å². The van der Waals surface area contributed by atoms with E-state index in [1.807, 2.05) is 13.0 Å². The monoisotopic (exact) mass is 417 g/mol. The third-order valence-corrected chi connectivity index (χ3v) is 6.35. The van der Waals surface area contributed by atoms with Gasteiger partial charge in [-0.3, -0.25) is 19.5 Å². The molecule has 29 heavy (non-hydrogen) atoms. The lowest BCUT2D eigenvalue weighted by atomic mass is 10.2. The van der Waals surface area contributed by atoms with Gasteiger partial charge >= 0.3 is 0 Å². The Morgan fingerprint density at radius 1 is 1.21 bits per heavy atom. The Bertz CT molecular complexity index is 1320. The number of nitrogens with one attached hydrogen (secondary N) is 1.